The molecule has 2 fully saturated rings. The molecule has 1 saturated carbocycles. The van der Waals surface area contributed by atoms with Crippen LogP contribution >= 0.6 is 0 Å². The van der Waals surface area contributed by atoms with Gasteiger partial charge in [0.05, 0.1) is 24.8 Å². The van der Waals surface area contributed by atoms with Gasteiger partial charge in [-0.25, -0.2) is 4.99 Å². The van der Waals surface area contributed by atoms with Crippen molar-refractivity contribution in [1.29, 1.82) is 10.5 Å². The fourth-order valence-electron chi connectivity index (χ4n) is 4.74. The number of hydrogen-bond donors (Lipinski definition) is 1. The van der Waals surface area contributed by atoms with Crippen LogP contribution in [0.4, 0.5) is 0 Å². The molecule has 1 spiro atoms. The third-order valence-corrected chi connectivity index (χ3v) is 5.97. The van der Waals surface area contributed by atoms with E-state index in [1.165, 1.54) is 0 Å². The van der Waals surface area contributed by atoms with Gasteiger partial charge >= 0.3 is 0 Å². The molecule has 2 aromatic rings. The number of nitrogens with two attached hydrogens (primary N) is 1. The molecule has 2 aliphatic heterocycles. The predicted octanol–water partition coefficient (Wildman–Crippen LogP) is 3.06. The van der Waals surface area contributed by atoms with Gasteiger partial charge < -0.3 is 19.9 Å². The minimum Gasteiger partial charge on any atom is -0.457 e. The average Bonchev–Trinajstić information content (AvgIpc) is 3.13. The molecule has 1 saturated heterocycles. The number of amidine groups is 1. The maximum Gasteiger partial charge on any atom is 0.293 e. The van der Waals surface area contributed by atoms with Crippen LogP contribution in [0.2, 0.25) is 0 Å². The number of ether oxygens (including phenoxy) is 3. The summed E-state index contributed by atoms with van der Waals surface area (Å²) in [5.74, 6) is -0.713. The third kappa shape index (κ3) is 2.04. The zero-order valence-electron chi connectivity index (χ0n) is 15.7. The van der Waals surface area contributed by atoms with Gasteiger partial charge in [0.1, 0.15) is 22.7 Å². The summed E-state index contributed by atoms with van der Waals surface area (Å²) < 4.78 is 17.7. The fraction of sp³-hybridized carbons (Fsp3) is 0.318. The summed E-state index contributed by atoms with van der Waals surface area (Å²) in [6.07, 6.45) is -0.250. The quantitative estimate of drug-likeness (QED) is 0.867. The predicted molar refractivity (Wildman–Crippen MR) is 103 cm³/mol. The number of rotatable bonds is 3. The van der Waals surface area contributed by atoms with Crippen LogP contribution in [0.5, 0.6) is 11.5 Å². The normalized spacial score (nSPS) is 36.7. The van der Waals surface area contributed by atoms with E-state index in [1.807, 2.05) is 61.5 Å². The number of para-hydroxylation sites is 1. The summed E-state index contributed by atoms with van der Waals surface area (Å²) in [7, 11) is 0. The van der Waals surface area contributed by atoms with Crippen molar-refractivity contribution in [3.8, 4) is 23.6 Å². The Hall–Kier alpha value is -3.39. The molecule has 0 bridgehead atoms. The Balaban J connectivity index is 1.57. The molecule has 29 heavy (non-hydrogen) atoms. The highest BCUT2D eigenvalue weighted by molar-refractivity contribution is 6.00. The molecule has 5 rings (SSSR count). The average molecular weight is 386 g/mol. The second-order valence-corrected chi connectivity index (χ2v) is 7.58. The van der Waals surface area contributed by atoms with Crippen molar-refractivity contribution in [2.75, 3.05) is 6.61 Å². The van der Waals surface area contributed by atoms with Crippen LogP contribution in [-0.4, -0.2) is 24.5 Å². The Morgan fingerprint density at radius 3 is 2.52 bits per heavy atom. The minimum absolute atomic E-state index is 0.0787. The number of fused-ring (bicyclic) bond motifs is 2. The molecule has 0 unspecified atom stereocenters. The summed E-state index contributed by atoms with van der Waals surface area (Å²) in [6, 6.07) is 21.3. The molecule has 2 heterocycles. The van der Waals surface area contributed by atoms with Crippen molar-refractivity contribution < 1.29 is 14.2 Å². The van der Waals surface area contributed by atoms with Gasteiger partial charge in [-0.1, -0.05) is 30.3 Å². The monoisotopic (exact) mass is 386 g/mol. The van der Waals surface area contributed by atoms with E-state index in [0.717, 1.165) is 5.56 Å². The Kier molecular flexibility index (Phi) is 3.54. The Morgan fingerprint density at radius 2 is 1.86 bits per heavy atom. The Labute approximate surface area is 167 Å². The van der Waals surface area contributed by atoms with Gasteiger partial charge in [0.2, 0.25) is 0 Å². The second kappa shape index (κ2) is 5.81. The molecular formula is C22H18N4O3. The van der Waals surface area contributed by atoms with E-state index in [9.17, 15) is 10.5 Å². The van der Waals surface area contributed by atoms with Crippen LogP contribution in [0, 0.1) is 33.5 Å². The van der Waals surface area contributed by atoms with E-state index in [2.05, 4.69) is 17.1 Å². The lowest BCUT2D eigenvalue weighted by Gasteiger charge is -2.26. The molecule has 3 aliphatic rings. The van der Waals surface area contributed by atoms with E-state index in [1.54, 1.807) is 0 Å². The molecule has 7 heteroatoms. The fourth-order valence-corrected chi connectivity index (χ4v) is 4.74. The molecule has 2 aromatic carbocycles. The molecule has 1 aliphatic carbocycles. The van der Waals surface area contributed by atoms with Gasteiger partial charge in [-0.05, 0) is 36.8 Å². The van der Waals surface area contributed by atoms with Crippen molar-refractivity contribution >= 4 is 5.84 Å². The van der Waals surface area contributed by atoms with Gasteiger partial charge in [0.15, 0.2) is 5.41 Å². The molecule has 2 N–H and O–H groups in total. The highest BCUT2D eigenvalue weighted by Gasteiger charge is 2.94. The molecule has 5 atom stereocenters. The van der Waals surface area contributed by atoms with Crippen molar-refractivity contribution in [1.82, 2.24) is 0 Å². The van der Waals surface area contributed by atoms with E-state index < -0.39 is 22.7 Å². The van der Waals surface area contributed by atoms with Gasteiger partial charge in [-0.3, -0.25) is 0 Å². The van der Waals surface area contributed by atoms with Crippen molar-refractivity contribution in [2.24, 2.45) is 21.6 Å². The van der Waals surface area contributed by atoms with Crippen LogP contribution in [0.15, 0.2) is 59.6 Å². The van der Waals surface area contributed by atoms with Crippen LogP contribution < -0.4 is 10.5 Å². The minimum atomic E-state index is -1.55. The van der Waals surface area contributed by atoms with Crippen LogP contribution in [-0.2, 0) is 9.47 Å². The standard InChI is InChI=1S/C22H18N4O3/c1-14-11-27-22(29-14)21(13-24)18(20(21,12-23)19(25)26-22)15-6-5-9-17(10-15)28-16-7-3-2-4-8-16/h2-10,14,18H,11H2,1H3,(H2,25,26)/t14-,18+,20+,21+,22+/m0/s1. The maximum absolute atomic E-state index is 10.2. The van der Waals surface area contributed by atoms with Crippen molar-refractivity contribution in [3.63, 3.8) is 0 Å². The SMILES string of the molecule is C[C@H]1CO[C@@]2(N=C(N)[C@@]3(C#N)[C@@H](c4cccc(Oc5ccccc5)c4)[C@@]23C#N)O1. The van der Waals surface area contributed by atoms with Crippen molar-refractivity contribution in [2.45, 2.75) is 24.9 Å². The largest absolute Gasteiger partial charge is 0.457 e. The zero-order chi connectivity index (χ0) is 20.3. The Bertz CT molecular complexity index is 1110. The van der Waals surface area contributed by atoms with E-state index in [4.69, 9.17) is 19.9 Å². The van der Waals surface area contributed by atoms with E-state index in [0.29, 0.717) is 11.5 Å². The zero-order valence-corrected chi connectivity index (χ0v) is 15.7. The first-order valence-electron chi connectivity index (χ1n) is 9.36. The lowest BCUT2D eigenvalue weighted by molar-refractivity contribution is -0.193. The number of hydrogen-bond acceptors (Lipinski definition) is 7. The third-order valence-electron chi connectivity index (χ3n) is 5.97. The summed E-state index contributed by atoms with van der Waals surface area (Å²) in [5, 5.41) is 20.3. The molecule has 144 valence electrons. The summed E-state index contributed by atoms with van der Waals surface area (Å²) in [4.78, 5) is 4.33. The van der Waals surface area contributed by atoms with Gasteiger partial charge in [-0.15, -0.1) is 0 Å². The van der Waals surface area contributed by atoms with Crippen LogP contribution in [0.3, 0.4) is 0 Å². The number of benzene rings is 2. The van der Waals surface area contributed by atoms with E-state index >= 15 is 0 Å². The highest BCUT2D eigenvalue weighted by atomic mass is 16.8. The van der Waals surface area contributed by atoms with Gasteiger partial charge in [-0.2, -0.15) is 10.5 Å². The molecule has 7 nitrogen and oxygen atoms in total. The first kappa shape index (κ1) is 17.7. The van der Waals surface area contributed by atoms with Crippen molar-refractivity contribution in [3.05, 3.63) is 60.2 Å². The van der Waals surface area contributed by atoms with Crippen LogP contribution in [0.1, 0.15) is 18.4 Å². The smallest absolute Gasteiger partial charge is 0.293 e. The van der Waals surface area contributed by atoms with Crippen LogP contribution in [0.25, 0.3) is 0 Å². The van der Waals surface area contributed by atoms with Gasteiger partial charge in [0.25, 0.3) is 5.91 Å². The molecular weight excluding hydrogens is 368 g/mol. The Morgan fingerprint density at radius 1 is 1.10 bits per heavy atom. The number of nitrogens with zero attached hydrogens (tertiary/aromatic N) is 3. The topological polar surface area (TPSA) is 114 Å². The van der Waals surface area contributed by atoms with E-state index in [-0.39, 0.29) is 18.5 Å². The maximum atomic E-state index is 10.2. The lowest BCUT2D eigenvalue weighted by Crippen LogP contribution is -2.39. The molecule has 0 amide bonds. The number of aliphatic imine (C=N–C) groups is 1. The first-order valence-corrected chi connectivity index (χ1v) is 9.36. The number of nitriles is 2. The lowest BCUT2D eigenvalue weighted by atomic mass is 9.94. The summed E-state index contributed by atoms with van der Waals surface area (Å²) >= 11 is 0. The summed E-state index contributed by atoms with van der Waals surface area (Å²) in [5.41, 5.74) is 4.32. The summed E-state index contributed by atoms with van der Waals surface area (Å²) in [6.45, 7) is 2.12. The first-order chi connectivity index (χ1) is 14.0. The highest BCUT2D eigenvalue weighted by Crippen LogP contribution is 2.82. The van der Waals surface area contributed by atoms with Gasteiger partial charge in [0, 0.05) is 5.92 Å². The second-order valence-electron chi connectivity index (χ2n) is 7.58. The molecule has 0 radical (unpaired) electrons. The molecule has 0 aromatic heterocycles.